The SMILES string of the molecule is CN(C)c1ccc(CNC(=O)C2CC(O)CN2)cc1. The summed E-state index contributed by atoms with van der Waals surface area (Å²) in [4.78, 5) is 13.9. The molecule has 5 heteroatoms. The quantitative estimate of drug-likeness (QED) is 0.720. The number of hydrogen-bond acceptors (Lipinski definition) is 4. The van der Waals surface area contributed by atoms with E-state index in [-0.39, 0.29) is 11.9 Å². The minimum absolute atomic E-state index is 0.0479. The van der Waals surface area contributed by atoms with E-state index in [0.29, 0.717) is 19.5 Å². The van der Waals surface area contributed by atoms with Gasteiger partial charge < -0.3 is 20.6 Å². The van der Waals surface area contributed by atoms with Crippen LogP contribution in [0.2, 0.25) is 0 Å². The maximum absolute atomic E-state index is 11.8. The highest BCUT2D eigenvalue weighted by atomic mass is 16.3. The van der Waals surface area contributed by atoms with Gasteiger partial charge in [0.1, 0.15) is 0 Å². The van der Waals surface area contributed by atoms with E-state index in [2.05, 4.69) is 10.6 Å². The number of anilines is 1. The summed E-state index contributed by atoms with van der Waals surface area (Å²) in [6.07, 6.45) is 0.0842. The van der Waals surface area contributed by atoms with Crippen molar-refractivity contribution in [1.82, 2.24) is 10.6 Å². The average molecular weight is 263 g/mol. The number of aliphatic hydroxyl groups is 1. The molecule has 0 bridgehead atoms. The summed E-state index contributed by atoms with van der Waals surface area (Å²) in [5.41, 5.74) is 2.20. The molecule has 1 aromatic carbocycles. The molecule has 1 amide bonds. The molecular formula is C14H21N3O2. The Morgan fingerprint density at radius 3 is 2.63 bits per heavy atom. The van der Waals surface area contributed by atoms with Crippen LogP contribution >= 0.6 is 0 Å². The van der Waals surface area contributed by atoms with Gasteiger partial charge in [-0.25, -0.2) is 0 Å². The number of nitrogens with zero attached hydrogens (tertiary/aromatic N) is 1. The van der Waals surface area contributed by atoms with E-state index in [0.717, 1.165) is 11.3 Å². The Balaban J connectivity index is 1.83. The van der Waals surface area contributed by atoms with Crippen molar-refractivity contribution in [3.8, 4) is 0 Å². The summed E-state index contributed by atoms with van der Waals surface area (Å²) in [6, 6.07) is 7.80. The third kappa shape index (κ3) is 3.68. The normalized spacial score (nSPS) is 22.3. The molecule has 1 aliphatic heterocycles. The lowest BCUT2D eigenvalue weighted by Crippen LogP contribution is -2.39. The molecule has 2 atom stereocenters. The molecule has 0 aliphatic carbocycles. The minimum atomic E-state index is -0.407. The molecular weight excluding hydrogens is 242 g/mol. The molecule has 1 heterocycles. The van der Waals surface area contributed by atoms with E-state index in [9.17, 15) is 9.90 Å². The van der Waals surface area contributed by atoms with Crippen LogP contribution in [-0.4, -0.2) is 43.8 Å². The summed E-state index contributed by atoms with van der Waals surface area (Å²) >= 11 is 0. The van der Waals surface area contributed by atoms with Crippen molar-refractivity contribution in [3.05, 3.63) is 29.8 Å². The number of aliphatic hydroxyl groups excluding tert-OH is 1. The van der Waals surface area contributed by atoms with E-state index in [4.69, 9.17) is 0 Å². The van der Waals surface area contributed by atoms with Crippen LogP contribution in [-0.2, 0) is 11.3 Å². The molecule has 1 saturated heterocycles. The minimum Gasteiger partial charge on any atom is -0.392 e. The van der Waals surface area contributed by atoms with Crippen molar-refractivity contribution in [2.45, 2.75) is 25.1 Å². The Bertz CT molecular complexity index is 431. The van der Waals surface area contributed by atoms with E-state index in [1.165, 1.54) is 0 Å². The van der Waals surface area contributed by atoms with Gasteiger partial charge in [-0.3, -0.25) is 4.79 Å². The molecule has 5 nitrogen and oxygen atoms in total. The van der Waals surface area contributed by atoms with Crippen LogP contribution in [0.25, 0.3) is 0 Å². The Kier molecular flexibility index (Phi) is 4.39. The third-order valence-corrected chi connectivity index (χ3v) is 3.34. The molecule has 104 valence electrons. The van der Waals surface area contributed by atoms with Crippen molar-refractivity contribution >= 4 is 11.6 Å². The zero-order valence-corrected chi connectivity index (χ0v) is 11.4. The Hall–Kier alpha value is -1.59. The van der Waals surface area contributed by atoms with Gasteiger partial charge in [0.15, 0.2) is 0 Å². The van der Waals surface area contributed by atoms with Gasteiger partial charge in [0, 0.05) is 32.9 Å². The number of carbonyl (C=O) groups is 1. The number of rotatable bonds is 4. The molecule has 2 unspecified atom stereocenters. The zero-order valence-electron chi connectivity index (χ0n) is 11.4. The standard InChI is InChI=1S/C14H21N3O2/c1-17(2)11-5-3-10(4-6-11)8-16-14(19)13-7-12(18)9-15-13/h3-6,12-13,15,18H,7-9H2,1-2H3,(H,16,19). The van der Waals surface area contributed by atoms with Gasteiger partial charge in [0.05, 0.1) is 12.1 Å². The van der Waals surface area contributed by atoms with Crippen LogP contribution in [0, 0.1) is 0 Å². The molecule has 1 aliphatic rings. The summed E-state index contributed by atoms with van der Waals surface area (Å²) in [5.74, 6) is -0.0479. The third-order valence-electron chi connectivity index (χ3n) is 3.34. The second-order valence-electron chi connectivity index (χ2n) is 5.13. The summed E-state index contributed by atoms with van der Waals surface area (Å²) in [6.45, 7) is 1.01. The fourth-order valence-corrected chi connectivity index (χ4v) is 2.14. The highest BCUT2D eigenvalue weighted by molar-refractivity contribution is 5.82. The van der Waals surface area contributed by atoms with Gasteiger partial charge in [-0.05, 0) is 24.1 Å². The summed E-state index contributed by atoms with van der Waals surface area (Å²) < 4.78 is 0. The second-order valence-corrected chi connectivity index (χ2v) is 5.13. The van der Waals surface area contributed by atoms with Crippen molar-refractivity contribution < 1.29 is 9.90 Å². The van der Waals surface area contributed by atoms with Gasteiger partial charge in [-0.15, -0.1) is 0 Å². The molecule has 1 aromatic rings. The Morgan fingerprint density at radius 1 is 1.42 bits per heavy atom. The first-order valence-electron chi connectivity index (χ1n) is 6.51. The average Bonchev–Trinajstić information content (AvgIpc) is 2.83. The van der Waals surface area contributed by atoms with Gasteiger partial charge >= 0.3 is 0 Å². The van der Waals surface area contributed by atoms with Crippen LogP contribution in [0.4, 0.5) is 5.69 Å². The van der Waals surface area contributed by atoms with Crippen LogP contribution in [0.3, 0.4) is 0 Å². The van der Waals surface area contributed by atoms with E-state index < -0.39 is 6.10 Å². The number of benzene rings is 1. The highest BCUT2D eigenvalue weighted by Crippen LogP contribution is 2.12. The Labute approximate surface area is 113 Å². The van der Waals surface area contributed by atoms with E-state index in [1.54, 1.807) is 0 Å². The largest absolute Gasteiger partial charge is 0.392 e. The fraction of sp³-hybridized carbons (Fsp3) is 0.500. The molecule has 19 heavy (non-hydrogen) atoms. The molecule has 1 fully saturated rings. The zero-order chi connectivity index (χ0) is 13.8. The number of β-amino-alcohol motifs (C(OH)–C–C–N with tert-alkyl or cyclic N) is 1. The Morgan fingerprint density at radius 2 is 2.11 bits per heavy atom. The van der Waals surface area contributed by atoms with Crippen molar-refractivity contribution in [2.24, 2.45) is 0 Å². The van der Waals surface area contributed by atoms with E-state index in [1.807, 2.05) is 43.3 Å². The first-order chi connectivity index (χ1) is 9.06. The number of hydrogen-bond donors (Lipinski definition) is 3. The van der Waals surface area contributed by atoms with Crippen molar-refractivity contribution in [3.63, 3.8) is 0 Å². The molecule has 3 N–H and O–H groups in total. The van der Waals surface area contributed by atoms with Crippen LogP contribution in [0.15, 0.2) is 24.3 Å². The predicted molar refractivity (Wildman–Crippen MR) is 75.0 cm³/mol. The maximum atomic E-state index is 11.8. The lowest BCUT2D eigenvalue weighted by molar-refractivity contribution is -0.123. The molecule has 0 radical (unpaired) electrons. The lowest BCUT2D eigenvalue weighted by atomic mass is 10.1. The molecule has 2 rings (SSSR count). The van der Waals surface area contributed by atoms with Crippen LogP contribution < -0.4 is 15.5 Å². The first-order valence-corrected chi connectivity index (χ1v) is 6.51. The fourth-order valence-electron chi connectivity index (χ4n) is 2.14. The van der Waals surface area contributed by atoms with Gasteiger partial charge in [-0.1, -0.05) is 12.1 Å². The van der Waals surface area contributed by atoms with Crippen LogP contribution in [0.1, 0.15) is 12.0 Å². The monoisotopic (exact) mass is 263 g/mol. The summed E-state index contributed by atoms with van der Waals surface area (Å²) in [5, 5.41) is 15.3. The number of carbonyl (C=O) groups excluding carboxylic acids is 1. The summed E-state index contributed by atoms with van der Waals surface area (Å²) in [7, 11) is 3.99. The highest BCUT2D eigenvalue weighted by Gasteiger charge is 2.27. The maximum Gasteiger partial charge on any atom is 0.237 e. The van der Waals surface area contributed by atoms with Gasteiger partial charge in [-0.2, -0.15) is 0 Å². The number of nitrogens with one attached hydrogen (secondary N) is 2. The van der Waals surface area contributed by atoms with Crippen molar-refractivity contribution in [2.75, 3.05) is 25.5 Å². The lowest BCUT2D eigenvalue weighted by Gasteiger charge is -2.14. The predicted octanol–water partition coefficient (Wildman–Crippen LogP) is 0.0916. The van der Waals surface area contributed by atoms with Crippen LogP contribution in [0.5, 0.6) is 0 Å². The molecule has 0 aromatic heterocycles. The first kappa shape index (κ1) is 13.8. The van der Waals surface area contributed by atoms with Crippen molar-refractivity contribution in [1.29, 1.82) is 0 Å². The second kappa shape index (κ2) is 6.04. The molecule has 0 saturated carbocycles. The smallest absolute Gasteiger partial charge is 0.237 e. The van der Waals surface area contributed by atoms with Gasteiger partial charge in [0.25, 0.3) is 0 Å². The van der Waals surface area contributed by atoms with E-state index >= 15 is 0 Å². The van der Waals surface area contributed by atoms with Gasteiger partial charge in [0.2, 0.25) is 5.91 Å². The molecule has 0 spiro atoms. The number of amides is 1. The topological polar surface area (TPSA) is 64.6 Å².